The molecule has 0 aliphatic carbocycles. The number of hydrogen-bond acceptors (Lipinski definition) is 7. The van der Waals surface area contributed by atoms with Crippen molar-refractivity contribution in [2.24, 2.45) is 0 Å². The highest BCUT2D eigenvalue weighted by atomic mass is 16.5. The number of rotatable bonds is 6. The molecule has 2 atom stereocenters. The molecule has 0 saturated carbocycles. The van der Waals surface area contributed by atoms with Gasteiger partial charge >= 0.3 is 17.9 Å². The zero-order chi connectivity index (χ0) is 16.0. The van der Waals surface area contributed by atoms with E-state index in [4.69, 9.17) is 9.84 Å². The Morgan fingerprint density at radius 3 is 1.90 bits per heavy atom. The molecule has 0 bridgehead atoms. The number of ether oxygens (including phenoxy) is 3. The van der Waals surface area contributed by atoms with Gasteiger partial charge in [0.2, 0.25) is 0 Å². The fraction of sp³-hybridized carbons (Fsp3) is 0.667. The number of carboxylic acid groups (broad SMARTS) is 1. The summed E-state index contributed by atoms with van der Waals surface area (Å²) in [6, 6.07) is 0. The maximum absolute atomic E-state index is 12.2. The molecule has 1 N–H and O–H groups in total. The Labute approximate surface area is 120 Å². The molecule has 1 heterocycles. The van der Waals surface area contributed by atoms with E-state index in [9.17, 15) is 19.2 Å². The van der Waals surface area contributed by atoms with Gasteiger partial charge in [0.05, 0.1) is 14.2 Å². The van der Waals surface area contributed by atoms with Crippen molar-refractivity contribution in [3.05, 3.63) is 0 Å². The minimum absolute atomic E-state index is 0.191. The molecule has 0 spiro atoms. The first-order valence-corrected chi connectivity index (χ1v) is 6.19. The van der Waals surface area contributed by atoms with Crippen LogP contribution in [-0.4, -0.2) is 73.3 Å². The second-order valence-corrected chi connectivity index (χ2v) is 4.38. The van der Waals surface area contributed by atoms with Crippen molar-refractivity contribution < 1.29 is 38.5 Å². The summed E-state index contributed by atoms with van der Waals surface area (Å²) in [7, 11) is 2.30. The van der Waals surface area contributed by atoms with Crippen LogP contribution in [0.15, 0.2) is 0 Å². The fourth-order valence-corrected chi connectivity index (χ4v) is 1.86. The Morgan fingerprint density at radius 2 is 1.52 bits per heavy atom. The summed E-state index contributed by atoms with van der Waals surface area (Å²) < 4.78 is 14.0. The van der Waals surface area contributed by atoms with Crippen molar-refractivity contribution in [3.63, 3.8) is 0 Å². The lowest BCUT2D eigenvalue weighted by Crippen LogP contribution is -2.45. The summed E-state index contributed by atoms with van der Waals surface area (Å²) in [5.74, 6) is -3.22. The van der Waals surface area contributed by atoms with Gasteiger partial charge in [0.25, 0.3) is 5.91 Å². The van der Waals surface area contributed by atoms with Crippen LogP contribution in [0, 0.1) is 0 Å². The number of methoxy groups -OCH3 is 2. The lowest BCUT2D eigenvalue weighted by atomic mass is 10.2. The zero-order valence-corrected chi connectivity index (χ0v) is 11.7. The number of esters is 2. The molecular weight excluding hydrogens is 286 g/mol. The normalized spacial score (nSPS) is 20.7. The minimum Gasteiger partial charge on any atom is -0.479 e. The molecule has 0 radical (unpaired) electrons. The van der Waals surface area contributed by atoms with Crippen molar-refractivity contribution in [1.82, 2.24) is 4.90 Å². The number of carbonyl (C=O) groups is 4. The van der Waals surface area contributed by atoms with Crippen molar-refractivity contribution in [1.29, 1.82) is 0 Å². The van der Waals surface area contributed by atoms with Gasteiger partial charge in [0, 0.05) is 0 Å². The molecule has 118 valence electrons. The molecule has 0 aromatic rings. The van der Waals surface area contributed by atoms with Crippen LogP contribution in [0.3, 0.4) is 0 Å². The van der Waals surface area contributed by atoms with Crippen molar-refractivity contribution in [2.75, 3.05) is 27.3 Å². The van der Waals surface area contributed by atoms with Crippen LogP contribution in [0.1, 0.15) is 12.8 Å². The molecule has 1 saturated heterocycles. The highest BCUT2D eigenvalue weighted by Gasteiger charge is 2.37. The molecule has 1 fully saturated rings. The predicted molar refractivity (Wildman–Crippen MR) is 66.1 cm³/mol. The van der Waals surface area contributed by atoms with Gasteiger partial charge in [0.1, 0.15) is 19.2 Å². The molecule has 2 unspecified atom stereocenters. The van der Waals surface area contributed by atoms with Crippen LogP contribution in [0.25, 0.3) is 0 Å². The summed E-state index contributed by atoms with van der Waals surface area (Å²) in [5.41, 5.74) is 0. The van der Waals surface area contributed by atoms with E-state index in [2.05, 4.69) is 9.47 Å². The Morgan fingerprint density at radius 1 is 1.05 bits per heavy atom. The fourth-order valence-electron chi connectivity index (χ4n) is 1.86. The molecule has 9 nitrogen and oxygen atoms in total. The van der Waals surface area contributed by atoms with E-state index in [-0.39, 0.29) is 12.8 Å². The number of carboxylic acids is 1. The quantitative estimate of drug-likeness (QED) is 0.607. The summed E-state index contributed by atoms with van der Waals surface area (Å²) >= 11 is 0. The maximum atomic E-state index is 12.2. The summed E-state index contributed by atoms with van der Waals surface area (Å²) in [5, 5.41) is 8.82. The van der Waals surface area contributed by atoms with E-state index in [1.807, 2.05) is 0 Å². The van der Waals surface area contributed by atoms with Gasteiger partial charge in [0.15, 0.2) is 6.10 Å². The van der Waals surface area contributed by atoms with Crippen molar-refractivity contribution in [3.8, 4) is 0 Å². The number of nitrogens with zero attached hydrogens (tertiary/aromatic N) is 1. The van der Waals surface area contributed by atoms with Gasteiger partial charge < -0.3 is 24.2 Å². The third kappa shape index (κ3) is 4.71. The molecule has 1 rings (SSSR count). The Balaban J connectivity index is 2.72. The maximum Gasteiger partial charge on any atom is 0.332 e. The third-order valence-electron chi connectivity index (χ3n) is 2.98. The van der Waals surface area contributed by atoms with Crippen LogP contribution in [0.5, 0.6) is 0 Å². The van der Waals surface area contributed by atoms with E-state index in [0.29, 0.717) is 0 Å². The van der Waals surface area contributed by atoms with Gasteiger partial charge in [-0.25, -0.2) is 4.79 Å². The van der Waals surface area contributed by atoms with Gasteiger partial charge in [-0.15, -0.1) is 0 Å². The van der Waals surface area contributed by atoms with Gasteiger partial charge in [-0.05, 0) is 12.8 Å². The third-order valence-corrected chi connectivity index (χ3v) is 2.98. The number of hydrogen-bond donors (Lipinski definition) is 1. The lowest BCUT2D eigenvalue weighted by Gasteiger charge is -2.23. The Bertz CT molecular complexity index is 417. The zero-order valence-electron chi connectivity index (χ0n) is 11.7. The monoisotopic (exact) mass is 303 g/mol. The SMILES string of the molecule is COC(=O)CN(CC(=O)OC)C(=O)C1CCC(C(=O)O)O1. The van der Waals surface area contributed by atoms with E-state index >= 15 is 0 Å². The molecule has 1 aliphatic rings. The van der Waals surface area contributed by atoms with Crippen LogP contribution in [0.2, 0.25) is 0 Å². The first-order chi connectivity index (χ1) is 9.88. The standard InChI is InChI=1S/C12H17NO8/c1-19-9(14)5-13(6-10(15)20-2)11(16)7-3-4-8(21-7)12(17)18/h7-8H,3-6H2,1-2H3,(H,17,18). The van der Waals surface area contributed by atoms with E-state index in [1.54, 1.807) is 0 Å². The lowest BCUT2D eigenvalue weighted by molar-refractivity contribution is -0.160. The predicted octanol–water partition coefficient (Wildman–Crippen LogP) is -1.21. The topological polar surface area (TPSA) is 119 Å². The molecule has 0 aromatic carbocycles. The summed E-state index contributed by atoms with van der Waals surface area (Å²) in [4.78, 5) is 46.5. The minimum atomic E-state index is -1.15. The second-order valence-electron chi connectivity index (χ2n) is 4.38. The molecule has 1 amide bonds. The van der Waals surface area contributed by atoms with Crippen molar-refractivity contribution in [2.45, 2.75) is 25.0 Å². The van der Waals surface area contributed by atoms with E-state index in [0.717, 1.165) is 19.1 Å². The van der Waals surface area contributed by atoms with Gasteiger partial charge in [-0.3, -0.25) is 14.4 Å². The average molecular weight is 303 g/mol. The van der Waals surface area contributed by atoms with Crippen LogP contribution >= 0.6 is 0 Å². The first-order valence-electron chi connectivity index (χ1n) is 6.19. The van der Waals surface area contributed by atoms with Gasteiger partial charge in [-0.2, -0.15) is 0 Å². The van der Waals surface area contributed by atoms with Crippen molar-refractivity contribution >= 4 is 23.8 Å². The van der Waals surface area contributed by atoms with Crippen LogP contribution in [-0.2, 0) is 33.4 Å². The molecule has 1 aliphatic heterocycles. The first kappa shape index (κ1) is 16.9. The Kier molecular flexibility index (Phi) is 6.10. The Hall–Kier alpha value is -2.16. The van der Waals surface area contributed by atoms with Gasteiger partial charge in [-0.1, -0.05) is 0 Å². The summed E-state index contributed by atoms with van der Waals surface area (Å²) in [6.45, 7) is -0.885. The average Bonchev–Trinajstić information content (AvgIpc) is 2.95. The molecular formula is C12H17NO8. The summed E-state index contributed by atoms with van der Waals surface area (Å²) in [6.07, 6.45) is -1.66. The highest BCUT2D eigenvalue weighted by Crippen LogP contribution is 2.21. The number of aliphatic carboxylic acids is 1. The molecule has 21 heavy (non-hydrogen) atoms. The number of amides is 1. The second kappa shape index (κ2) is 7.58. The largest absolute Gasteiger partial charge is 0.479 e. The van der Waals surface area contributed by atoms with E-state index in [1.165, 1.54) is 0 Å². The smallest absolute Gasteiger partial charge is 0.332 e. The highest BCUT2D eigenvalue weighted by molar-refractivity contribution is 5.89. The number of carbonyl (C=O) groups excluding carboxylic acids is 3. The van der Waals surface area contributed by atoms with Crippen LogP contribution in [0.4, 0.5) is 0 Å². The molecule has 0 aromatic heterocycles. The van der Waals surface area contributed by atoms with E-state index < -0.39 is 49.1 Å². The van der Waals surface area contributed by atoms with Crippen LogP contribution < -0.4 is 0 Å². The molecule has 9 heteroatoms.